The van der Waals surface area contributed by atoms with Crippen LogP contribution in [-0.2, 0) is 13.0 Å². The van der Waals surface area contributed by atoms with E-state index in [-0.39, 0.29) is 0 Å². The van der Waals surface area contributed by atoms with E-state index in [2.05, 4.69) is 22.0 Å². The van der Waals surface area contributed by atoms with Crippen molar-refractivity contribution in [3.63, 3.8) is 0 Å². The van der Waals surface area contributed by atoms with Crippen LogP contribution in [0.3, 0.4) is 0 Å². The number of allylic oxidation sites excluding steroid dienone is 1. The number of benzene rings is 2. The smallest absolute Gasteiger partial charge is 0.123 e. The van der Waals surface area contributed by atoms with Crippen molar-refractivity contribution in [2.24, 2.45) is 0 Å². The third-order valence-corrected chi connectivity index (χ3v) is 3.54. The molecule has 0 N–H and O–H groups in total. The molecule has 0 saturated heterocycles. The summed E-state index contributed by atoms with van der Waals surface area (Å²) in [5.41, 5.74) is 2.69. The van der Waals surface area contributed by atoms with Gasteiger partial charge in [-0.1, -0.05) is 34.1 Å². The Kier molecular flexibility index (Phi) is 6.05. The third kappa shape index (κ3) is 4.37. The second-order valence-electron chi connectivity index (χ2n) is 4.64. The summed E-state index contributed by atoms with van der Waals surface area (Å²) >= 11 is 3.26. The molecule has 22 heavy (non-hydrogen) atoms. The molecule has 0 aromatic heterocycles. The van der Waals surface area contributed by atoms with Gasteiger partial charge in [0.2, 0.25) is 0 Å². The molecule has 0 atom stereocenters. The average Bonchev–Trinajstić information content (AvgIpc) is 2.58. The van der Waals surface area contributed by atoms with E-state index >= 15 is 0 Å². The van der Waals surface area contributed by atoms with Crippen molar-refractivity contribution < 1.29 is 9.47 Å². The van der Waals surface area contributed by atoms with E-state index in [0.29, 0.717) is 18.6 Å². The number of hydrogen-bond donors (Lipinski definition) is 0. The van der Waals surface area contributed by atoms with Crippen LogP contribution in [0.15, 0.2) is 53.5 Å². The molecular weight excluding hydrogens is 342 g/mol. The Labute approximate surface area is 138 Å². The number of ether oxygens (including phenoxy) is 2. The fraction of sp³-hybridized carbons (Fsp3) is 0.167. The summed E-state index contributed by atoms with van der Waals surface area (Å²) in [7, 11) is 1.64. The van der Waals surface area contributed by atoms with Gasteiger partial charge in [0.25, 0.3) is 0 Å². The lowest BCUT2D eigenvalue weighted by Gasteiger charge is -2.11. The highest BCUT2D eigenvalue weighted by atomic mass is 79.9. The van der Waals surface area contributed by atoms with Gasteiger partial charge in [0.05, 0.1) is 18.7 Å². The first-order chi connectivity index (χ1) is 10.8. The van der Waals surface area contributed by atoms with Crippen molar-refractivity contribution in [1.29, 1.82) is 5.26 Å². The number of nitrogens with zero attached hydrogens (tertiary/aromatic N) is 1. The molecule has 2 rings (SSSR count). The van der Waals surface area contributed by atoms with Gasteiger partial charge >= 0.3 is 0 Å². The largest absolute Gasteiger partial charge is 0.497 e. The van der Waals surface area contributed by atoms with Gasteiger partial charge in [-0.05, 0) is 52.9 Å². The molecule has 0 aliphatic heterocycles. The van der Waals surface area contributed by atoms with Crippen molar-refractivity contribution in [2.45, 2.75) is 13.0 Å². The summed E-state index contributed by atoms with van der Waals surface area (Å²) in [5.74, 6) is 1.62. The summed E-state index contributed by atoms with van der Waals surface area (Å²) in [6.45, 7) is 0.473. The molecule has 0 bridgehead atoms. The van der Waals surface area contributed by atoms with Crippen LogP contribution in [0, 0.1) is 11.3 Å². The van der Waals surface area contributed by atoms with Gasteiger partial charge < -0.3 is 9.47 Å². The van der Waals surface area contributed by atoms with Crippen molar-refractivity contribution in [3.8, 4) is 17.6 Å². The number of methoxy groups -OCH3 is 1. The molecule has 0 aliphatic rings. The highest BCUT2D eigenvalue weighted by Gasteiger charge is 2.05. The summed E-state index contributed by atoms with van der Waals surface area (Å²) in [6, 6.07) is 15.4. The Morgan fingerprint density at radius 1 is 1.18 bits per heavy atom. The van der Waals surface area contributed by atoms with E-state index < -0.39 is 0 Å². The monoisotopic (exact) mass is 357 g/mol. The quantitative estimate of drug-likeness (QED) is 0.758. The second kappa shape index (κ2) is 8.26. The zero-order chi connectivity index (χ0) is 15.8. The summed E-state index contributed by atoms with van der Waals surface area (Å²) in [4.78, 5) is 1.80. The van der Waals surface area contributed by atoms with Crippen LogP contribution in [0.4, 0.5) is 0 Å². The molecule has 4 heteroatoms. The highest BCUT2D eigenvalue weighted by Crippen LogP contribution is 2.23. The molecule has 0 amide bonds. The molecule has 3 nitrogen and oxygen atoms in total. The Balaban J connectivity index is 2.12. The highest BCUT2D eigenvalue weighted by molar-refractivity contribution is 9.11. The zero-order valence-electron chi connectivity index (χ0n) is 12.3. The number of rotatable bonds is 6. The van der Waals surface area contributed by atoms with Crippen LogP contribution in [-0.4, -0.2) is 7.11 Å². The van der Waals surface area contributed by atoms with E-state index in [1.807, 2.05) is 42.5 Å². The maximum Gasteiger partial charge on any atom is 0.123 e. The lowest BCUT2D eigenvalue weighted by atomic mass is 10.1. The maximum atomic E-state index is 9.01. The molecule has 0 fully saturated rings. The predicted molar refractivity (Wildman–Crippen MR) is 90.3 cm³/mol. The molecular formula is C18H16BrNO2. The first-order valence-electron chi connectivity index (χ1n) is 6.81. The molecule has 0 saturated carbocycles. The molecule has 0 spiro atoms. The van der Waals surface area contributed by atoms with Crippen LogP contribution in [0.2, 0.25) is 0 Å². The van der Waals surface area contributed by atoms with Crippen LogP contribution in [0.1, 0.15) is 16.7 Å². The van der Waals surface area contributed by atoms with Crippen LogP contribution < -0.4 is 9.47 Å². The molecule has 0 aliphatic carbocycles. The molecule has 2 aromatic carbocycles. The normalized spacial score (nSPS) is 10.4. The van der Waals surface area contributed by atoms with Crippen molar-refractivity contribution in [1.82, 2.24) is 0 Å². The van der Waals surface area contributed by atoms with E-state index in [4.69, 9.17) is 14.7 Å². The van der Waals surface area contributed by atoms with Gasteiger partial charge in [0.15, 0.2) is 0 Å². The molecule has 0 radical (unpaired) electrons. The molecule has 2 aromatic rings. The van der Waals surface area contributed by atoms with E-state index in [0.717, 1.165) is 22.6 Å². The standard InChI is InChI=1S/C18H16BrNO2/c1-21-17-7-4-14(5-8-17)13-22-18-9-6-15(12-20)11-16(18)3-2-10-19/h2,4-11H,3,13H2,1H3/b10-2+. The predicted octanol–water partition coefficient (Wildman–Crippen LogP) is 4.60. The number of halogens is 1. The first-order valence-corrected chi connectivity index (χ1v) is 7.72. The fourth-order valence-electron chi connectivity index (χ4n) is 2.00. The van der Waals surface area contributed by atoms with Crippen LogP contribution in [0.25, 0.3) is 0 Å². The van der Waals surface area contributed by atoms with Crippen molar-refractivity contribution in [3.05, 3.63) is 70.2 Å². The summed E-state index contributed by atoms with van der Waals surface area (Å²) < 4.78 is 11.0. The second-order valence-corrected chi connectivity index (χ2v) is 5.17. The van der Waals surface area contributed by atoms with Gasteiger partial charge in [-0.3, -0.25) is 0 Å². The van der Waals surface area contributed by atoms with Gasteiger partial charge in [-0.2, -0.15) is 5.26 Å². The third-order valence-electron chi connectivity index (χ3n) is 3.17. The van der Waals surface area contributed by atoms with Crippen molar-refractivity contribution >= 4 is 15.9 Å². The van der Waals surface area contributed by atoms with Crippen molar-refractivity contribution in [2.75, 3.05) is 7.11 Å². The average molecular weight is 358 g/mol. The lowest BCUT2D eigenvalue weighted by Crippen LogP contribution is -1.99. The number of hydrogen-bond acceptors (Lipinski definition) is 3. The van der Waals surface area contributed by atoms with E-state index in [1.165, 1.54) is 0 Å². The Morgan fingerprint density at radius 3 is 2.59 bits per heavy atom. The topological polar surface area (TPSA) is 42.2 Å². The minimum absolute atomic E-state index is 0.473. The zero-order valence-corrected chi connectivity index (χ0v) is 13.8. The van der Waals surface area contributed by atoms with E-state index in [1.54, 1.807) is 18.2 Å². The van der Waals surface area contributed by atoms with Gasteiger partial charge in [0.1, 0.15) is 18.1 Å². The van der Waals surface area contributed by atoms with Gasteiger partial charge in [-0.25, -0.2) is 0 Å². The van der Waals surface area contributed by atoms with Crippen LogP contribution >= 0.6 is 15.9 Å². The Hall–Kier alpha value is -2.25. The first kappa shape index (κ1) is 16.1. The fourth-order valence-corrected chi connectivity index (χ4v) is 2.19. The lowest BCUT2D eigenvalue weighted by molar-refractivity contribution is 0.303. The molecule has 0 unspecified atom stereocenters. The van der Waals surface area contributed by atoms with Gasteiger partial charge in [0, 0.05) is 0 Å². The van der Waals surface area contributed by atoms with Gasteiger partial charge in [-0.15, -0.1) is 0 Å². The molecule has 112 valence electrons. The summed E-state index contributed by atoms with van der Waals surface area (Å²) in [6.07, 6.45) is 2.68. The van der Waals surface area contributed by atoms with E-state index in [9.17, 15) is 0 Å². The minimum atomic E-state index is 0.473. The maximum absolute atomic E-state index is 9.01. The SMILES string of the molecule is COc1ccc(COc2ccc(C#N)cc2C/C=C/Br)cc1. The Morgan fingerprint density at radius 2 is 1.95 bits per heavy atom. The molecule has 0 heterocycles. The summed E-state index contributed by atoms with van der Waals surface area (Å²) in [5, 5.41) is 9.01. The minimum Gasteiger partial charge on any atom is -0.497 e. The van der Waals surface area contributed by atoms with Crippen LogP contribution in [0.5, 0.6) is 11.5 Å². The number of nitriles is 1. The Bertz CT molecular complexity index is 687.